The van der Waals surface area contributed by atoms with E-state index in [0.717, 1.165) is 0 Å². The first-order chi connectivity index (χ1) is 24.3. The normalized spacial score (nSPS) is 12.1. The van der Waals surface area contributed by atoms with Crippen LogP contribution in [0.5, 0.6) is 0 Å². The SMILES string of the molecule is c1ccc(-c2c3ccccc3c(-c3cccc(-n4c5cccc6c5c5c7c(cccc7ccc54)-c4ccccc4-6)c3)c3ccccc23)cc1. The Labute approximate surface area is 283 Å². The highest BCUT2D eigenvalue weighted by Gasteiger charge is 2.25. The second-order valence-corrected chi connectivity index (χ2v) is 13.2. The summed E-state index contributed by atoms with van der Waals surface area (Å²) in [5.74, 6) is 0. The van der Waals surface area contributed by atoms with Crippen LogP contribution in [0.3, 0.4) is 0 Å². The Balaban J connectivity index is 1.24. The average molecular weight is 620 g/mol. The van der Waals surface area contributed by atoms with Crippen molar-refractivity contribution in [2.24, 2.45) is 0 Å². The lowest BCUT2D eigenvalue weighted by Gasteiger charge is -2.18. The van der Waals surface area contributed by atoms with Gasteiger partial charge < -0.3 is 4.57 Å². The van der Waals surface area contributed by atoms with Gasteiger partial charge in [-0.2, -0.15) is 0 Å². The van der Waals surface area contributed by atoms with Crippen molar-refractivity contribution in [1.29, 1.82) is 0 Å². The minimum Gasteiger partial charge on any atom is -0.309 e. The van der Waals surface area contributed by atoms with Gasteiger partial charge in [0.25, 0.3) is 0 Å². The zero-order valence-electron chi connectivity index (χ0n) is 26.7. The van der Waals surface area contributed by atoms with Gasteiger partial charge in [-0.05, 0) is 101 Å². The molecule has 1 aliphatic rings. The van der Waals surface area contributed by atoms with Crippen molar-refractivity contribution in [2.45, 2.75) is 0 Å². The van der Waals surface area contributed by atoms with Gasteiger partial charge in [0.1, 0.15) is 0 Å². The highest BCUT2D eigenvalue weighted by atomic mass is 15.0. The third-order valence-corrected chi connectivity index (χ3v) is 10.7. The summed E-state index contributed by atoms with van der Waals surface area (Å²) in [4.78, 5) is 0. The number of nitrogens with zero attached hydrogens (tertiary/aromatic N) is 1. The molecule has 10 aromatic rings. The first kappa shape index (κ1) is 26.6. The summed E-state index contributed by atoms with van der Waals surface area (Å²) in [5.41, 5.74) is 13.9. The summed E-state index contributed by atoms with van der Waals surface area (Å²) < 4.78 is 2.49. The molecule has 0 N–H and O–H groups in total. The van der Waals surface area contributed by atoms with Crippen molar-refractivity contribution in [3.63, 3.8) is 0 Å². The Morgan fingerprint density at radius 2 is 0.816 bits per heavy atom. The molecule has 0 fully saturated rings. The van der Waals surface area contributed by atoms with Gasteiger partial charge in [0.05, 0.1) is 11.0 Å². The van der Waals surface area contributed by atoms with Crippen molar-refractivity contribution in [1.82, 2.24) is 4.57 Å². The van der Waals surface area contributed by atoms with Crippen molar-refractivity contribution in [2.75, 3.05) is 0 Å². The van der Waals surface area contributed by atoms with Crippen LogP contribution in [0.25, 0.3) is 104 Å². The summed E-state index contributed by atoms with van der Waals surface area (Å²) in [7, 11) is 0. The van der Waals surface area contributed by atoms with E-state index in [1.165, 1.54) is 104 Å². The van der Waals surface area contributed by atoms with Crippen LogP contribution in [-0.2, 0) is 0 Å². The van der Waals surface area contributed by atoms with E-state index in [4.69, 9.17) is 0 Å². The molecule has 1 heteroatoms. The lowest BCUT2D eigenvalue weighted by atomic mass is 9.86. The Hall–Kier alpha value is -6.44. The lowest BCUT2D eigenvalue weighted by molar-refractivity contribution is 1.18. The fourth-order valence-corrected chi connectivity index (χ4v) is 8.76. The van der Waals surface area contributed by atoms with Crippen LogP contribution in [0.4, 0.5) is 0 Å². The van der Waals surface area contributed by atoms with Gasteiger partial charge in [-0.25, -0.2) is 0 Å². The van der Waals surface area contributed by atoms with Gasteiger partial charge in [-0.15, -0.1) is 0 Å². The maximum atomic E-state index is 2.49. The van der Waals surface area contributed by atoms with Gasteiger partial charge in [0.15, 0.2) is 0 Å². The van der Waals surface area contributed by atoms with E-state index >= 15 is 0 Å². The largest absolute Gasteiger partial charge is 0.309 e. The zero-order chi connectivity index (χ0) is 32.1. The van der Waals surface area contributed by atoms with E-state index in [1.807, 2.05) is 0 Å². The van der Waals surface area contributed by atoms with Crippen LogP contribution >= 0.6 is 0 Å². The summed E-state index contributed by atoms with van der Waals surface area (Å²) in [5, 5.41) is 10.4. The second kappa shape index (κ2) is 10.0. The molecule has 49 heavy (non-hydrogen) atoms. The molecular formula is C48H29N. The molecule has 9 aromatic carbocycles. The molecule has 0 amide bonds. The molecule has 0 bridgehead atoms. The summed E-state index contributed by atoms with van der Waals surface area (Å²) in [6, 6.07) is 65.0. The maximum Gasteiger partial charge on any atom is 0.0548 e. The molecule has 0 atom stereocenters. The number of benzene rings is 9. The van der Waals surface area contributed by atoms with Gasteiger partial charge in [-0.1, -0.05) is 152 Å². The molecule has 0 spiro atoms. The molecule has 1 heterocycles. The summed E-state index contributed by atoms with van der Waals surface area (Å²) in [6.45, 7) is 0. The van der Waals surface area contributed by atoms with Crippen LogP contribution < -0.4 is 0 Å². The van der Waals surface area contributed by atoms with Crippen molar-refractivity contribution in [3.05, 3.63) is 176 Å². The number of hydrogen-bond acceptors (Lipinski definition) is 0. The van der Waals surface area contributed by atoms with Crippen LogP contribution in [0.1, 0.15) is 0 Å². The molecule has 1 nitrogen and oxygen atoms in total. The predicted molar refractivity (Wildman–Crippen MR) is 209 cm³/mol. The lowest BCUT2D eigenvalue weighted by Crippen LogP contribution is -1.96. The second-order valence-electron chi connectivity index (χ2n) is 13.2. The minimum atomic E-state index is 1.17. The third-order valence-electron chi connectivity index (χ3n) is 10.7. The topological polar surface area (TPSA) is 4.93 Å². The van der Waals surface area contributed by atoms with E-state index in [-0.39, 0.29) is 0 Å². The first-order valence-electron chi connectivity index (χ1n) is 17.0. The summed E-state index contributed by atoms with van der Waals surface area (Å²) >= 11 is 0. The van der Waals surface area contributed by atoms with E-state index in [9.17, 15) is 0 Å². The Morgan fingerprint density at radius 1 is 0.306 bits per heavy atom. The Bertz CT molecular complexity index is 2920. The molecule has 0 aliphatic heterocycles. The molecule has 11 rings (SSSR count). The van der Waals surface area contributed by atoms with Gasteiger partial charge in [-0.3, -0.25) is 0 Å². The fraction of sp³-hybridized carbons (Fsp3) is 0. The standard InChI is InChI=1S/C48H29N/c1-2-13-30(14-3-1)44-38-20-6-8-22-40(38)45(41-23-9-7-21-39(41)44)32-16-10-17-33(29-32)49-42-26-12-25-37-35-19-5-4-18-34(35)36-24-11-15-31-27-28-43(49)48(46(31)36)47(37)42/h1-29H. The van der Waals surface area contributed by atoms with E-state index in [0.29, 0.717) is 0 Å². The Morgan fingerprint density at radius 3 is 1.51 bits per heavy atom. The van der Waals surface area contributed by atoms with Gasteiger partial charge in [0, 0.05) is 16.5 Å². The van der Waals surface area contributed by atoms with Crippen LogP contribution in [-0.4, -0.2) is 4.57 Å². The first-order valence-corrected chi connectivity index (χ1v) is 17.0. The Kier molecular flexibility index (Phi) is 5.45. The predicted octanol–water partition coefficient (Wildman–Crippen LogP) is 13.2. The fourth-order valence-electron chi connectivity index (χ4n) is 8.76. The van der Waals surface area contributed by atoms with Gasteiger partial charge in [0.2, 0.25) is 0 Å². The van der Waals surface area contributed by atoms with E-state index in [2.05, 4.69) is 180 Å². The van der Waals surface area contributed by atoms with Crippen LogP contribution in [0, 0.1) is 0 Å². The van der Waals surface area contributed by atoms with Crippen LogP contribution in [0.15, 0.2) is 176 Å². The molecule has 0 radical (unpaired) electrons. The third kappa shape index (κ3) is 3.65. The van der Waals surface area contributed by atoms with Crippen LogP contribution in [0.2, 0.25) is 0 Å². The van der Waals surface area contributed by atoms with Crippen molar-refractivity contribution >= 4 is 54.1 Å². The van der Waals surface area contributed by atoms with E-state index in [1.54, 1.807) is 0 Å². The average Bonchev–Trinajstić information content (AvgIpc) is 3.45. The monoisotopic (exact) mass is 619 g/mol. The highest BCUT2D eigenvalue weighted by Crippen LogP contribution is 2.50. The molecule has 0 saturated carbocycles. The van der Waals surface area contributed by atoms with Crippen molar-refractivity contribution in [3.8, 4) is 50.2 Å². The highest BCUT2D eigenvalue weighted by molar-refractivity contribution is 6.30. The smallest absolute Gasteiger partial charge is 0.0548 e. The minimum absolute atomic E-state index is 1.17. The molecule has 0 saturated heterocycles. The molecular weight excluding hydrogens is 591 g/mol. The number of aromatic nitrogens is 1. The van der Waals surface area contributed by atoms with E-state index < -0.39 is 0 Å². The number of fused-ring (bicyclic) bond motifs is 5. The van der Waals surface area contributed by atoms with Gasteiger partial charge >= 0.3 is 0 Å². The quantitative estimate of drug-likeness (QED) is 0.173. The maximum absolute atomic E-state index is 2.49. The molecule has 0 unspecified atom stereocenters. The molecule has 1 aromatic heterocycles. The number of rotatable bonds is 3. The molecule has 1 aliphatic carbocycles. The number of hydrogen-bond donors (Lipinski definition) is 0. The molecule has 226 valence electrons. The van der Waals surface area contributed by atoms with Crippen molar-refractivity contribution < 1.29 is 0 Å². The zero-order valence-corrected chi connectivity index (χ0v) is 26.7. The summed E-state index contributed by atoms with van der Waals surface area (Å²) in [6.07, 6.45) is 0.